The van der Waals surface area contributed by atoms with Gasteiger partial charge in [-0.05, 0) is 18.2 Å². The molecule has 0 atom stereocenters. The van der Waals surface area contributed by atoms with E-state index in [1.165, 1.54) is 24.3 Å². The van der Waals surface area contributed by atoms with Gasteiger partial charge in [0, 0.05) is 18.1 Å². The zero-order valence-corrected chi connectivity index (χ0v) is 13.4. The maximum absolute atomic E-state index is 13.4. The number of anilines is 1. The Morgan fingerprint density at radius 3 is 2.25 bits per heavy atom. The number of pyridine rings is 1. The van der Waals surface area contributed by atoms with E-state index in [9.17, 15) is 26.0 Å². The van der Waals surface area contributed by atoms with Gasteiger partial charge in [-0.2, -0.15) is 22.5 Å². The highest BCUT2D eigenvalue weighted by Gasteiger charge is 2.20. The SMILES string of the molecule is O=S(=O)(NCCNc1c(F)c(F)nc(F)c1F)c1cccc(Cl)c1. The van der Waals surface area contributed by atoms with E-state index in [0.29, 0.717) is 0 Å². The normalized spacial score (nSPS) is 11.5. The van der Waals surface area contributed by atoms with Gasteiger partial charge in [-0.1, -0.05) is 17.7 Å². The van der Waals surface area contributed by atoms with Crippen molar-refractivity contribution in [3.05, 3.63) is 52.8 Å². The van der Waals surface area contributed by atoms with Crippen molar-refractivity contribution in [2.24, 2.45) is 0 Å². The molecule has 2 rings (SSSR count). The second kappa shape index (κ2) is 7.32. The Bertz CT molecular complexity index is 838. The minimum Gasteiger partial charge on any atom is -0.379 e. The lowest BCUT2D eigenvalue weighted by Gasteiger charge is -2.10. The summed E-state index contributed by atoms with van der Waals surface area (Å²) in [5.41, 5.74) is -1.07. The summed E-state index contributed by atoms with van der Waals surface area (Å²) < 4.78 is 78.6. The fourth-order valence-electron chi connectivity index (χ4n) is 1.73. The van der Waals surface area contributed by atoms with E-state index >= 15 is 0 Å². The molecule has 24 heavy (non-hydrogen) atoms. The number of aromatic nitrogens is 1. The van der Waals surface area contributed by atoms with Crippen molar-refractivity contribution in [1.29, 1.82) is 0 Å². The summed E-state index contributed by atoms with van der Waals surface area (Å²) in [5.74, 6) is -7.02. The number of rotatable bonds is 6. The third kappa shape index (κ3) is 4.13. The van der Waals surface area contributed by atoms with Crippen molar-refractivity contribution in [3.63, 3.8) is 0 Å². The van der Waals surface area contributed by atoms with Crippen molar-refractivity contribution in [1.82, 2.24) is 9.71 Å². The third-order valence-electron chi connectivity index (χ3n) is 2.82. The van der Waals surface area contributed by atoms with Gasteiger partial charge in [0.2, 0.25) is 21.7 Å². The maximum Gasteiger partial charge on any atom is 0.253 e. The zero-order chi connectivity index (χ0) is 17.9. The second-order valence-corrected chi connectivity index (χ2v) is 6.68. The Balaban J connectivity index is 2.01. The molecule has 5 nitrogen and oxygen atoms in total. The first-order valence-corrected chi connectivity index (χ1v) is 8.27. The molecule has 0 saturated carbocycles. The average Bonchev–Trinajstić information content (AvgIpc) is 2.52. The molecule has 0 radical (unpaired) electrons. The molecular weight excluding hydrogens is 374 g/mol. The van der Waals surface area contributed by atoms with Gasteiger partial charge in [0.05, 0.1) is 4.90 Å². The summed E-state index contributed by atoms with van der Waals surface area (Å²) in [5, 5.41) is 2.29. The fourth-order valence-corrected chi connectivity index (χ4v) is 3.06. The summed E-state index contributed by atoms with van der Waals surface area (Å²) in [7, 11) is -3.90. The van der Waals surface area contributed by atoms with E-state index in [2.05, 4.69) is 15.0 Å². The Morgan fingerprint density at radius 2 is 1.67 bits per heavy atom. The van der Waals surface area contributed by atoms with Gasteiger partial charge >= 0.3 is 0 Å². The molecule has 2 aromatic rings. The summed E-state index contributed by atoms with van der Waals surface area (Å²) in [4.78, 5) is 2.30. The number of hydrogen-bond acceptors (Lipinski definition) is 4. The summed E-state index contributed by atoms with van der Waals surface area (Å²) in [6, 6.07) is 5.43. The Hall–Kier alpha value is -1.91. The average molecular weight is 384 g/mol. The van der Waals surface area contributed by atoms with Crippen molar-refractivity contribution >= 4 is 27.3 Å². The zero-order valence-electron chi connectivity index (χ0n) is 11.8. The summed E-state index contributed by atoms with van der Waals surface area (Å²) >= 11 is 5.69. The van der Waals surface area contributed by atoms with Crippen LogP contribution in [0.25, 0.3) is 0 Å². The van der Waals surface area contributed by atoms with Crippen molar-refractivity contribution in [2.75, 3.05) is 18.4 Å². The van der Waals surface area contributed by atoms with E-state index in [1.54, 1.807) is 0 Å². The first kappa shape index (κ1) is 18.4. The lowest BCUT2D eigenvalue weighted by molar-refractivity contribution is 0.410. The highest BCUT2D eigenvalue weighted by molar-refractivity contribution is 7.89. The molecule has 0 unspecified atom stereocenters. The van der Waals surface area contributed by atoms with E-state index < -0.39 is 39.2 Å². The van der Waals surface area contributed by atoms with Gasteiger partial charge in [0.15, 0.2) is 0 Å². The molecular formula is C13H10ClF4N3O2S. The fraction of sp³-hybridized carbons (Fsp3) is 0.154. The van der Waals surface area contributed by atoms with Crippen LogP contribution in [0.15, 0.2) is 29.2 Å². The van der Waals surface area contributed by atoms with Crippen molar-refractivity contribution < 1.29 is 26.0 Å². The molecule has 0 aliphatic carbocycles. The molecule has 1 heterocycles. The van der Waals surface area contributed by atoms with Crippen LogP contribution in [0.5, 0.6) is 0 Å². The number of benzene rings is 1. The van der Waals surface area contributed by atoms with Crippen LogP contribution in [-0.4, -0.2) is 26.5 Å². The molecule has 130 valence electrons. The van der Waals surface area contributed by atoms with Gasteiger partial charge in [-0.25, -0.2) is 13.1 Å². The molecule has 2 N–H and O–H groups in total. The van der Waals surface area contributed by atoms with Gasteiger partial charge in [0.25, 0.3) is 11.9 Å². The molecule has 0 bridgehead atoms. The second-order valence-electron chi connectivity index (χ2n) is 4.48. The molecule has 11 heteroatoms. The number of nitrogens with one attached hydrogen (secondary N) is 2. The van der Waals surface area contributed by atoms with E-state index in [1.807, 2.05) is 0 Å². The summed E-state index contributed by atoms with van der Waals surface area (Å²) in [6.07, 6.45) is 0. The van der Waals surface area contributed by atoms with E-state index in [0.717, 1.165) is 0 Å². The largest absolute Gasteiger partial charge is 0.379 e. The van der Waals surface area contributed by atoms with Crippen LogP contribution in [0.4, 0.5) is 23.2 Å². The monoisotopic (exact) mass is 383 g/mol. The standard InChI is InChI=1S/C13H10ClF4N3O2S/c14-7-2-1-3-8(6-7)24(22,23)20-5-4-19-11-9(15)12(17)21-13(18)10(11)16/h1-3,6,20H,4-5H2,(H,19,21). The van der Waals surface area contributed by atoms with Crippen LogP contribution in [-0.2, 0) is 10.0 Å². The molecule has 0 fully saturated rings. The van der Waals surface area contributed by atoms with Gasteiger partial charge in [-0.3, -0.25) is 0 Å². The van der Waals surface area contributed by atoms with Crippen LogP contribution in [0.1, 0.15) is 0 Å². The predicted molar refractivity (Wildman–Crippen MR) is 79.2 cm³/mol. The van der Waals surface area contributed by atoms with Crippen LogP contribution >= 0.6 is 11.6 Å². The van der Waals surface area contributed by atoms with Crippen LogP contribution in [0.2, 0.25) is 5.02 Å². The van der Waals surface area contributed by atoms with Crippen LogP contribution in [0.3, 0.4) is 0 Å². The van der Waals surface area contributed by atoms with Gasteiger partial charge in [-0.15, -0.1) is 0 Å². The first-order chi connectivity index (χ1) is 11.2. The molecule has 1 aromatic carbocycles. The molecule has 0 aliphatic rings. The van der Waals surface area contributed by atoms with Crippen LogP contribution < -0.4 is 10.0 Å². The minimum absolute atomic E-state index is 0.103. The summed E-state index contributed by atoms with van der Waals surface area (Å²) in [6.45, 7) is -0.643. The number of nitrogens with zero attached hydrogens (tertiary/aromatic N) is 1. The lowest BCUT2D eigenvalue weighted by atomic mass is 10.3. The highest BCUT2D eigenvalue weighted by atomic mass is 35.5. The molecule has 1 aromatic heterocycles. The third-order valence-corrected chi connectivity index (χ3v) is 4.52. The molecule has 0 aliphatic heterocycles. The van der Waals surface area contributed by atoms with E-state index in [-0.39, 0.29) is 23.0 Å². The molecule has 0 amide bonds. The lowest BCUT2D eigenvalue weighted by Crippen LogP contribution is -2.29. The molecule has 0 saturated heterocycles. The number of halogens is 5. The number of hydrogen-bond donors (Lipinski definition) is 2. The molecule has 0 spiro atoms. The smallest absolute Gasteiger partial charge is 0.253 e. The van der Waals surface area contributed by atoms with Gasteiger partial charge in [0.1, 0.15) is 5.69 Å². The Morgan fingerprint density at radius 1 is 1.04 bits per heavy atom. The van der Waals surface area contributed by atoms with Crippen molar-refractivity contribution in [2.45, 2.75) is 4.90 Å². The highest BCUT2D eigenvalue weighted by Crippen LogP contribution is 2.21. The topological polar surface area (TPSA) is 71.1 Å². The van der Waals surface area contributed by atoms with Crippen molar-refractivity contribution in [3.8, 4) is 0 Å². The predicted octanol–water partition coefficient (Wildman–Crippen LogP) is 2.68. The Kier molecular flexibility index (Phi) is 5.62. The van der Waals surface area contributed by atoms with Crippen LogP contribution in [0, 0.1) is 23.5 Å². The minimum atomic E-state index is -3.90. The van der Waals surface area contributed by atoms with E-state index in [4.69, 9.17) is 11.6 Å². The Labute approximate surface area is 139 Å². The number of sulfonamides is 1. The van der Waals surface area contributed by atoms with Gasteiger partial charge < -0.3 is 5.32 Å². The quantitative estimate of drug-likeness (QED) is 0.457. The first-order valence-electron chi connectivity index (χ1n) is 6.41. The maximum atomic E-state index is 13.4.